The Bertz CT molecular complexity index is 704. The maximum Gasteiger partial charge on any atom is 0.323 e. The Labute approximate surface area is 167 Å². The minimum absolute atomic E-state index is 0.393. The first kappa shape index (κ1) is 21.7. The first-order valence-electron chi connectivity index (χ1n) is 10.2. The highest BCUT2D eigenvalue weighted by molar-refractivity contribution is 5.99. The average Bonchev–Trinajstić information content (AvgIpc) is 2.68. The van der Waals surface area contributed by atoms with Crippen molar-refractivity contribution in [2.45, 2.75) is 58.3 Å². The van der Waals surface area contributed by atoms with Crippen molar-refractivity contribution < 1.29 is 13.9 Å². The summed E-state index contributed by atoms with van der Waals surface area (Å²) in [5.41, 5.74) is 1.05. The number of amides is 2. The predicted octanol–water partition coefficient (Wildman–Crippen LogP) is 6.99. The zero-order chi connectivity index (χ0) is 20.0. The van der Waals surface area contributed by atoms with Crippen molar-refractivity contribution in [2.75, 3.05) is 17.2 Å². The van der Waals surface area contributed by atoms with Gasteiger partial charge < -0.3 is 15.4 Å². The SMILES string of the molecule is CCCCCCCCCCOc1ccc(NC(=O)Nc2cccc(F)c2)cc1. The van der Waals surface area contributed by atoms with Crippen LogP contribution in [-0.2, 0) is 0 Å². The number of ether oxygens (including phenoxy) is 1. The van der Waals surface area contributed by atoms with Crippen molar-refractivity contribution >= 4 is 17.4 Å². The molecule has 0 aliphatic carbocycles. The summed E-state index contributed by atoms with van der Waals surface area (Å²) in [4.78, 5) is 12.0. The summed E-state index contributed by atoms with van der Waals surface area (Å²) in [6, 6.07) is 12.6. The molecule has 5 heteroatoms. The molecule has 0 aromatic heterocycles. The van der Waals surface area contributed by atoms with Crippen molar-refractivity contribution in [2.24, 2.45) is 0 Å². The normalized spacial score (nSPS) is 10.5. The number of carbonyl (C=O) groups is 1. The van der Waals surface area contributed by atoms with Gasteiger partial charge in [-0.15, -0.1) is 0 Å². The van der Waals surface area contributed by atoms with Gasteiger partial charge in [-0.1, -0.05) is 57.9 Å². The molecule has 2 aromatic rings. The van der Waals surface area contributed by atoms with Gasteiger partial charge in [-0.3, -0.25) is 0 Å². The van der Waals surface area contributed by atoms with Crippen LogP contribution in [0, 0.1) is 5.82 Å². The second-order valence-electron chi connectivity index (χ2n) is 6.94. The summed E-state index contributed by atoms with van der Waals surface area (Å²) in [7, 11) is 0. The number of unbranched alkanes of at least 4 members (excludes halogenated alkanes) is 7. The van der Waals surface area contributed by atoms with E-state index in [1.165, 1.54) is 57.1 Å². The van der Waals surface area contributed by atoms with Crippen molar-refractivity contribution in [3.05, 3.63) is 54.3 Å². The summed E-state index contributed by atoms with van der Waals surface area (Å²) in [6.45, 7) is 2.95. The molecule has 2 amide bonds. The molecule has 28 heavy (non-hydrogen) atoms. The van der Waals surface area contributed by atoms with Crippen LogP contribution in [0.1, 0.15) is 58.3 Å². The summed E-state index contributed by atoms with van der Waals surface area (Å²) < 4.78 is 18.9. The molecule has 2 rings (SSSR count). The van der Waals surface area contributed by atoms with E-state index in [2.05, 4.69) is 17.6 Å². The van der Waals surface area contributed by atoms with Crippen molar-refractivity contribution in [1.29, 1.82) is 0 Å². The first-order valence-corrected chi connectivity index (χ1v) is 10.2. The van der Waals surface area contributed by atoms with Crippen molar-refractivity contribution in [1.82, 2.24) is 0 Å². The lowest BCUT2D eigenvalue weighted by Crippen LogP contribution is -2.19. The molecule has 0 spiro atoms. The van der Waals surface area contributed by atoms with Crippen LogP contribution in [0.15, 0.2) is 48.5 Å². The fourth-order valence-corrected chi connectivity index (χ4v) is 2.92. The zero-order valence-electron chi connectivity index (χ0n) is 16.7. The highest BCUT2D eigenvalue weighted by Gasteiger charge is 2.04. The number of benzene rings is 2. The Morgan fingerprint density at radius 3 is 2.18 bits per heavy atom. The van der Waals surface area contributed by atoms with Crippen LogP contribution < -0.4 is 15.4 Å². The average molecular weight is 387 g/mol. The Morgan fingerprint density at radius 2 is 1.50 bits per heavy atom. The Hall–Kier alpha value is -2.56. The molecule has 2 N–H and O–H groups in total. The van der Waals surface area contributed by atoms with Crippen LogP contribution in [0.5, 0.6) is 5.75 Å². The lowest BCUT2D eigenvalue weighted by Gasteiger charge is -2.09. The van der Waals surface area contributed by atoms with Gasteiger partial charge >= 0.3 is 6.03 Å². The summed E-state index contributed by atoms with van der Waals surface area (Å²) in [5.74, 6) is 0.398. The van der Waals surface area contributed by atoms with Crippen LogP contribution in [0.3, 0.4) is 0 Å². The van der Waals surface area contributed by atoms with E-state index in [-0.39, 0.29) is 0 Å². The molecule has 0 atom stereocenters. The fourth-order valence-electron chi connectivity index (χ4n) is 2.92. The van der Waals surface area contributed by atoms with Crippen molar-refractivity contribution in [3.63, 3.8) is 0 Å². The molecule has 4 nitrogen and oxygen atoms in total. The zero-order valence-corrected chi connectivity index (χ0v) is 16.7. The first-order chi connectivity index (χ1) is 13.7. The highest BCUT2D eigenvalue weighted by Crippen LogP contribution is 2.17. The summed E-state index contributed by atoms with van der Waals surface area (Å²) in [5, 5.41) is 5.31. The Balaban J connectivity index is 1.61. The van der Waals surface area contributed by atoms with Crippen LogP contribution in [0.25, 0.3) is 0 Å². The van der Waals surface area contributed by atoms with Crippen LogP contribution in [0.2, 0.25) is 0 Å². The van der Waals surface area contributed by atoms with Gasteiger partial charge in [0.2, 0.25) is 0 Å². The van der Waals surface area contributed by atoms with E-state index in [1.807, 2.05) is 12.1 Å². The molecule has 2 aromatic carbocycles. The van der Waals surface area contributed by atoms with Gasteiger partial charge in [-0.2, -0.15) is 0 Å². The predicted molar refractivity (Wildman–Crippen MR) is 114 cm³/mol. The number of carbonyl (C=O) groups excluding carboxylic acids is 1. The molecule has 0 heterocycles. The van der Waals surface area contributed by atoms with Gasteiger partial charge in [0.25, 0.3) is 0 Å². The van der Waals surface area contributed by atoms with Gasteiger partial charge in [0.15, 0.2) is 0 Å². The lowest BCUT2D eigenvalue weighted by molar-refractivity contribution is 0.262. The van der Waals surface area contributed by atoms with E-state index >= 15 is 0 Å². The number of halogens is 1. The van der Waals surface area contributed by atoms with Gasteiger partial charge in [0, 0.05) is 11.4 Å². The maximum absolute atomic E-state index is 13.1. The number of urea groups is 1. The summed E-state index contributed by atoms with van der Waals surface area (Å²) >= 11 is 0. The fraction of sp³-hybridized carbons (Fsp3) is 0.435. The van der Waals surface area contributed by atoms with Crippen LogP contribution in [-0.4, -0.2) is 12.6 Å². The minimum atomic E-state index is -0.418. The Morgan fingerprint density at radius 1 is 0.857 bits per heavy atom. The van der Waals surface area contributed by atoms with Gasteiger partial charge in [-0.25, -0.2) is 9.18 Å². The maximum atomic E-state index is 13.1. The monoisotopic (exact) mass is 386 g/mol. The van der Waals surface area contributed by atoms with E-state index in [4.69, 9.17) is 4.74 Å². The van der Waals surface area contributed by atoms with Crippen molar-refractivity contribution in [3.8, 4) is 5.75 Å². The molecule has 0 bridgehead atoms. The summed E-state index contributed by atoms with van der Waals surface area (Å²) in [6.07, 6.45) is 10.2. The topological polar surface area (TPSA) is 50.4 Å². The second kappa shape index (κ2) is 12.8. The molecule has 0 fully saturated rings. The van der Waals surface area contributed by atoms with E-state index < -0.39 is 11.8 Å². The lowest BCUT2D eigenvalue weighted by atomic mass is 10.1. The van der Waals surface area contributed by atoms with Gasteiger partial charge in [0.05, 0.1) is 6.61 Å². The smallest absolute Gasteiger partial charge is 0.323 e. The number of anilines is 2. The van der Waals surface area contributed by atoms with Crippen LogP contribution in [0.4, 0.5) is 20.6 Å². The molecule has 0 unspecified atom stereocenters. The molecule has 0 saturated heterocycles. The minimum Gasteiger partial charge on any atom is -0.494 e. The molecular formula is C23H31FN2O2. The Kier molecular flexibility index (Phi) is 9.91. The standard InChI is InChI=1S/C23H31FN2O2/c1-2-3-4-5-6-7-8-9-17-28-22-15-13-20(14-16-22)25-23(27)26-21-12-10-11-19(24)18-21/h10-16,18H,2-9,17H2,1H3,(H2,25,26,27). The molecule has 0 radical (unpaired) electrons. The molecular weight excluding hydrogens is 355 g/mol. The molecule has 0 aliphatic heterocycles. The quantitative estimate of drug-likeness (QED) is 0.386. The third-order valence-electron chi connectivity index (χ3n) is 4.46. The number of hydrogen-bond donors (Lipinski definition) is 2. The van der Waals surface area contributed by atoms with E-state index in [0.717, 1.165) is 12.2 Å². The molecule has 152 valence electrons. The number of hydrogen-bond acceptors (Lipinski definition) is 2. The second-order valence-corrected chi connectivity index (χ2v) is 6.94. The molecule has 0 saturated carbocycles. The molecule has 0 aliphatic rings. The largest absolute Gasteiger partial charge is 0.494 e. The van der Waals surface area contributed by atoms with E-state index in [1.54, 1.807) is 24.3 Å². The third-order valence-corrected chi connectivity index (χ3v) is 4.46. The number of rotatable bonds is 12. The van der Waals surface area contributed by atoms with Gasteiger partial charge in [0.1, 0.15) is 11.6 Å². The van der Waals surface area contributed by atoms with E-state index in [0.29, 0.717) is 18.0 Å². The number of nitrogens with one attached hydrogen (secondary N) is 2. The van der Waals surface area contributed by atoms with Gasteiger partial charge in [-0.05, 0) is 48.9 Å². The van der Waals surface area contributed by atoms with Crippen LogP contribution >= 0.6 is 0 Å². The third kappa shape index (κ3) is 8.89. The highest BCUT2D eigenvalue weighted by atomic mass is 19.1. The van der Waals surface area contributed by atoms with E-state index in [9.17, 15) is 9.18 Å².